The third kappa shape index (κ3) is 8.17. The molecule has 218 valence electrons. The van der Waals surface area contributed by atoms with Crippen LogP contribution in [0.15, 0.2) is 53.9 Å². The zero-order chi connectivity index (χ0) is 30.5. The van der Waals surface area contributed by atoms with Crippen LogP contribution in [0.3, 0.4) is 0 Å². The van der Waals surface area contributed by atoms with E-state index >= 15 is 0 Å². The third-order valence-electron chi connectivity index (χ3n) is 5.07. The Morgan fingerprint density at radius 1 is 0.756 bits per heavy atom. The van der Waals surface area contributed by atoms with Crippen LogP contribution in [0.5, 0.6) is 0 Å². The Hall–Kier alpha value is -5.14. The van der Waals surface area contributed by atoms with Crippen LogP contribution in [0.1, 0.15) is 45.0 Å². The maximum Gasteiger partial charge on any atom is 0.350 e. The minimum absolute atomic E-state index is 0.0367. The lowest BCUT2D eigenvalue weighted by Gasteiger charge is -2.29. The van der Waals surface area contributed by atoms with Gasteiger partial charge in [-0.1, -0.05) is 6.58 Å². The van der Waals surface area contributed by atoms with Crippen molar-refractivity contribution in [2.45, 2.75) is 46.2 Å². The molecule has 2 aliphatic heterocycles. The van der Waals surface area contributed by atoms with Crippen molar-refractivity contribution in [3.63, 3.8) is 0 Å². The third-order valence-corrected chi connectivity index (χ3v) is 5.07. The van der Waals surface area contributed by atoms with Gasteiger partial charge in [-0.05, 0) is 25.1 Å². The van der Waals surface area contributed by atoms with Crippen molar-refractivity contribution in [1.29, 1.82) is 0 Å². The number of rotatable bonds is 9. The largest absolute Gasteiger partial charge is 0.459 e. The quantitative estimate of drug-likeness (QED) is 0.144. The van der Waals surface area contributed by atoms with E-state index in [1.807, 2.05) is 0 Å². The molecule has 0 aromatic heterocycles. The first-order chi connectivity index (χ1) is 19.1. The fourth-order valence-corrected chi connectivity index (χ4v) is 3.26. The first kappa shape index (κ1) is 30.4. The molecule has 1 aromatic carbocycles. The Labute approximate surface area is 234 Å². The highest BCUT2D eigenvalue weighted by Gasteiger charge is 2.40. The molecule has 14 nitrogen and oxygen atoms in total. The van der Waals surface area contributed by atoms with Gasteiger partial charge in [-0.25, -0.2) is 28.8 Å². The smallest absolute Gasteiger partial charge is 0.350 e. The number of cyclic esters (lactones) is 4. The zero-order valence-electron chi connectivity index (χ0n) is 22.9. The number of ether oxygens (including phenoxy) is 6. The molecule has 2 saturated heterocycles. The summed E-state index contributed by atoms with van der Waals surface area (Å²) in [7, 11) is 0. The van der Waals surface area contributed by atoms with Gasteiger partial charge in [0, 0.05) is 57.0 Å². The van der Waals surface area contributed by atoms with Crippen molar-refractivity contribution < 1.29 is 57.2 Å². The number of carbonyl (C=O) groups is 6. The van der Waals surface area contributed by atoms with Crippen LogP contribution in [0.25, 0.3) is 0 Å². The molecule has 0 aliphatic carbocycles. The zero-order valence-corrected chi connectivity index (χ0v) is 22.9. The van der Waals surface area contributed by atoms with E-state index in [1.54, 1.807) is 0 Å². The van der Waals surface area contributed by atoms with Crippen LogP contribution in [0.4, 0.5) is 11.4 Å². The fourth-order valence-electron chi connectivity index (χ4n) is 3.26. The first-order valence-electron chi connectivity index (χ1n) is 12.1. The Morgan fingerprint density at radius 3 is 1.54 bits per heavy atom. The van der Waals surface area contributed by atoms with Crippen molar-refractivity contribution in [2.24, 2.45) is 0 Å². The van der Waals surface area contributed by atoms with Gasteiger partial charge < -0.3 is 39.1 Å². The number of hydrogen-bond acceptors (Lipinski definition) is 14. The monoisotopic (exact) mass is 572 g/mol. The van der Waals surface area contributed by atoms with Gasteiger partial charge in [0.2, 0.25) is 0 Å². The molecule has 0 bridgehead atoms. The van der Waals surface area contributed by atoms with Gasteiger partial charge in [0.05, 0.1) is 5.56 Å². The summed E-state index contributed by atoms with van der Waals surface area (Å²) in [6.07, 6.45) is 2.06. The second-order valence-corrected chi connectivity index (χ2v) is 9.61. The molecule has 0 unspecified atom stereocenters. The number of carbonyl (C=O) groups excluding carboxylic acids is 6. The van der Waals surface area contributed by atoms with Crippen molar-refractivity contribution in [2.75, 3.05) is 23.8 Å². The van der Waals surface area contributed by atoms with Gasteiger partial charge in [-0.3, -0.25) is 0 Å². The van der Waals surface area contributed by atoms with Crippen molar-refractivity contribution in [1.82, 2.24) is 0 Å². The van der Waals surface area contributed by atoms with Crippen LogP contribution in [-0.4, -0.2) is 60.6 Å². The highest BCUT2D eigenvalue weighted by atomic mass is 16.7. The highest BCUT2D eigenvalue weighted by molar-refractivity contribution is 6.16. The molecule has 1 aromatic rings. The molecule has 2 heterocycles. The number of benzene rings is 1. The Bertz CT molecular complexity index is 1260. The number of esters is 6. The van der Waals surface area contributed by atoms with Gasteiger partial charge in [0.1, 0.15) is 13.2 Å². The van der Waals surface area contributed by atoms with Gasteiger partial charge in [-0.15, -0.1) is 0 Å². The molecule has 3 rings (SSSR count). The molecular weight excluding hydrogens is 544 g/mol. The maximum absolute atomic E-state index is 12.7. The van der Waals surface area contributed by atoms with E-state index < -0.39 is 58.5 Å². The molecule has 2 aliphatic rings. The fraction of sp³-hybridized carbons (Fsp3) is 0.333. The van der Waals surface area contributed by atoms with Crippen molar-refractivity contribution in [3.8, 4) is 0 Å². The summed E-state index contributed by atoms with van der Waals surface area (Å²) in [4.78, 5) is 73.2. The lowest BCUT2D eigenvalue weighted by atomic mass is 10.1. The molecule has 41 heavy (non-hydrogen) atoms. The van der Waals surface area contributed by atoms with Crippen molar-refractivity contribution >= 4 is 47.2 Å². The summed E-state index contributed by atoms with van der Waals surface area (Å²) >= 11 is 0. The first-order valence-corrected chi connectivity index (χ1v) is 12.1. The lowest BCUT2D eigenvalue weighted by molar-refractivity contribution is -0.224. The van der Waals surface area contributed by atoms with E-state index in [9.17, 15) is 28.8 Å². The Balaban J connectivity index is 1.84. The molecule has 0 spiro atoms. The van der Waals surface area contributed by atoms with Crippen LogP contribution in [0.2, 0.25) is 0 Å². The van der Waals surface area contributed by atoms with E-state index in [4.69, 9.17) is 28.4 Å². The standard InChI is InChI=1S/C27H28N2O12/c1-14(2)20(30)36-7-8-37-21(31)15-9-16(28-12-18-22(32)38-26(3,4)39-23(18)33)11-17(10-15)29-13-19-24(34)40-27(5,6)41-25(19)35/h9-13,28-29H,1,7-8H2,2-6H3. The summed E-state index contributed by atoms with van der Waals surface area (Å²) in [6.45, 7) is 10.0. The molecule has 14 heteroatoms. The summed E-state index contributed by atoms with van der Waals surface area (Å²) in [5, 5.41) is 5.41. The SMILES string of the molecule is C=C(C)C(=O)OCCOC(=O)c1cc(NC=C2C(=O)OC(C)(C)OC2=O)cc(NC=C2C(=O)OC(C)(C)OC2=O)c1. The van der Waals surface area contributed by atoms with E-state index in [0.29, 0.717) is 0 Å². The average Bonchev–Trinajstić information content (AvgIpc) is 2.83. The summed E-state index contributed by atoms with van der Waals surface area (Å²) in [6, 6.07) is 4.08. The predicted octanol–water partition coefficient (Wildman–Crippen LogP) is 2.23. The van der Waals surface area contributed by atoms with Crippen LogP contribution < -0.4 is 10.6 Å². The Kier molecular flexibility index (Phi) is 8.85. The van der Waals surface area contributed by atoms with Gasteiger partial charge >= 0.3 is 35.8 Å². The number of hydrogen-bond donors (Lipinski definition) is 2. The Morgan fingerprint density at radius 2 is 1.15 bits per heavy atom. The van der Waals surface area contributed by atoms with Gasteiger partial charge in [-0.2, -0.15) is 0 Å². The molecule has 0 radical (unpaired) electrons. The number of nitrogens with one attached hydrogen (secondary N) is 2. The summed E-state index contributed by atoms with van der Waals surface area (Å²) in [5.41, 5.74) is -0.404. The molecule has 2 fully saturated rings. The average molecular weight is 573 g/mol. The van der Waals surface area contributed by atoms with E-state index in [1.165, 1.54) is 52.8 Å². The second-order valence-electron chi connectivity index (χ2n) is 9.61. The van der Waals surface area contributed by atoms with Gasteiger partial charge in [0.15, 0.2) is 11.1 Å². The topological polar surface area (TPSA) is 182 Å². The van der Waals surface area contributed by atoms with Crippen LogP contribution in [-0.2, 0) is 52.4 Å². The molecule has 0 atom stereocenters. The second kappa shape index (κ2) is 11.9. The summed E-state index contributed by atoms with van der Waals surface area (Å²) < 4.78 is 30.2. The molecule has 0 saturated carbocycles. The molecule has 2 N–H and O–H groups in total. The molecule has 0 amide bonds. The molecular formula is C27H28N2O12. The van der Waals surface area contributed by atoms with Crippen molar-refractivity contribution in [3.05, 3.63) is 59.5 Å². The lowest BCUT2D eigenvalue weighted by Crippen LogP contribution is -2.42. The highest BCUT2D eigenvalue weighted by Crippen LogP contribution is 2.26. The minimum atomic E-state index is -1.44. The van der Waals surface area contributed by atoms with E-state index in [2.05, 4.69) is 17.2 Å². The minimum Gasteiger partial charge on any atom is -0.459 e. The summed E-state index contributed by atoms with van der Waals surface area (Å²) in [5.74, 6) is -8.08. The van der Waals surface area contributed by atoms with Crippen LogP contribution in [0, 0.1) is 0 Å². The maximum atomic E-state index is 12.7. The van der Waals surface area contributed by atoms with E-state index in [0.717, 1.165) is 12.4 Å². The van der Waals surface area contributed by atoms with E-state index in [-0.39, 0.29) is 35.7 Å². The normalized spacial score (nSPS) is 17.2. The van der Waals surface area contributed by atoms with Gasteiger partial charge in [0.25, 0.3) is 11.6 Å². The number of anilines is 2. The predicted molar refractivity (Wildman–Crippen MR) is 138 cm³/mol. The van der Waals surface area contributed by atoms with Crippen LogP contribution >= 0.6 is 0 Å².